The summed E-state index contributed by atoms with van der Waals surface area (Å²) < 4.78 is 42.4. The molecule has 7 nitrogen and oxygen atoms in total. The third-order valence-corrected chi connectivity index (χ3v) is 4.33. The fourth-order valence-electron chi connectivity index (χ4n) is 2.89. The summed E-state index contributed by atoms with van der Waals surface area (Å²) in [6.45, 7) is 0.814. The van der Waals surface area contributed by atoms with Gasteiger partial charge in [-0.05, 0) is 42.8 Å². The van der Waals surface area contributed by atoms with Gasteiger partial charge in [-0.3, -0.25) is 14.4 Å². The molecule has 30 heavy (non-hydrogen) atoms. The third kappa shape index (κ3) is 4.88. The zero-order valence-corrected chi connectivity index (χ0v) is 15.9. The lowest BCUT2D eigenvalue weighted by Gasteiger charge is -2.11. The summed E-state index contributed by atoms with van der Waals surface area (Å²) in [5.41, 5.74) is 0.384. The smallest absolute Gasteiger partial charge is 0.422 e. The first-order valence-corrected chi connectivity index (χ1v) is 9.01. The molecule has 158 valence electrons. The van der Waals surface area contributed by atoms with Gasteiger partial charge in [0.2, 0.25) is 0 Å². The van der Waals surface area contributed by atoms with Crippen LogP contribution >= 0.6 is 0 Å². The van der Waals surface area contributed by atoms with Gasteiger partial charge in [0, 0.05) is 18.7 Å². The van der Waals surface area contributed by atoms with Gasteiger partial charge in [-0.1, -0.05) is 12.1 Å². The molecule has 1 aromatic heterocycles. The topological polar surface area (TPSA) is 93.2 Å². The maximum atomic E-state index is 12.4. The van der Waals surface area contributed by atoms with Crippen LogP contribution < -0.4 is 21.2 Å². The maximum absolute atomic E-state index is 12.4. The van der Waals surface area contributed by atoms with E-state index in [0.717, 1.165) is 0 Å². The number of hydrogen-bond acceptors (Lipinski definition) is 4. The quantitative estimate of drug-likeness (QED) is 0.599. The number of alkyl halides is 3. The molecule has 0 unspecified atom stereocenters. The van der Waals surface area contributed by atoms with Crippen molar-refractivity contribution in [3.8, 4) is 5.75 Å². The van der Waals surface area contributed by atoms with Crippen LogP contribution in [0.2, 0.25) is 0 Å². The van der Waals surface area contributed by atoms with Gasteiger partial charge in [0.25, 0.3) is 5.91 Å². The molecule has 0 atom stereocenters. The number of carbonyl (C=O) groups is 1. The maximum Gasteiger partial charge on any atom is 0.422 e. The van der Waals surface area contributed by atoms with Gasteiger partial charge in [-0.15, -0.1) is 0 Å². The Bertz CT molecular complexity index is 1180. The molecule has 10 heteroatoms. The predicted molar refractivity (Wildman–Crippen MR) is 104 cm³/mol. The monoisotopic (exact) mass is 421 g/mol. The van der Waals surface area contributed by atoms with Gasteiger partial charge in [-0.25, -0.2) is 0 Å². The van der Waals surface area contributed by atoms with Crippen LogP contribution in [0, 0.1) is 0 Å². The molecule has 2 N–H and O–H groups in total. The molecule has 3 rings (SSSR count). The first kappa shape index (κ1) is 21.2. The average molecular weight is 421 g/mol. The Kier molecular flexibility index (Phi) is 5.95. The van der Waals surface area contributed by atoms with Gasteiger partial charge in [0.05, 0.1) is 11.0 Å². The summed E-state index contributed by atoms with van der Waals surface area (Å²) in [5, 5.41) is 2.69. The first-order chi connectivity index (χ1) is 14.2. The molecule has 0 saturated heterocycles. The number of aryl methyl sites for hydroxylation is 1. The van der Waals surface area contributed by atoms with E-state index < -0.39 is 29.8 Å². The average Bonchev–Trinajstić information content (AvgIpc) is 2.71. The Morgan fingerprint density at radius 1 is 1.13 bits per heavy atom. The molecule has 1 amide bonds. The van der Waals surface area contributed by atoms with Gasteiger partial charge >= 0.3 is 17.3 Å². The second kappa shape index (κ2) is 8.44. The van der Waals surface area contributed by atoms with Crippen molar-refractivity contribution in [2.45, 2.75) is 26.2 Å². The van der Waals surface area contributed by atoms with Crippen LogP contribution in [0.1, 0.15) is 22.8 Å². The van der Waals surface area contributed by atoms with Crippen molar-refractivity contribution in [2.75, 3.05) is 6.61 Å². The number of nitrogens with zero attached hydrogens (tertiary/aromatic N) is 1. The van der Waals surface area contributed by atoms with Crippen molar-refractivity contribution in [1.29, 1.82) is 0 Å². The van der Waals surface area contributed by atoms with E-state index >= 15 is 0 Å². The number of carbonyl (C=O) groups excluding carboxylic acids is 1. The van der Waals surface area contributed by atoms with Crippen LogP contribution in [-0.2, 0) is 13.1 Å². The molecule has 0 aliphatic heterocycles. The van der Waals surface area contributed by atoms with Gasteiger partial charge < -0.3 is 19.6 Å². The van der Waals surface area contributed by atoms with E-state index in [4.69, 9.17) is 0 Å². The van der Waals surface area contributed by atoms with E-state index in [0.29, 0.717) is 23.1 Å². The summed E-state index contributed by atoms with van der Waals surface area (Å²) in [5.74, 6) is -0.341. The summed E-state index contributed by atoms with van der Waals surface area (Å²) >= 11 is 0. The van der Waals surface area contributed by atoms with E-state index in [1.54, 1.807) is 25.1 Å². The van der Waals surface area contributed by atoms with Crippen LogP contribution in [0.4, 0.5) is 13.2 Å². The van der Waals surface area contributed by atoms with Crippen LogP contribution in [-0.4, -0.2) is 28.2 Å². The number of amides is 1. The van der Waals surface area contributed by atoms with Gasteiger partial charge in [0.15, 0.2) is 6.61 Å². The molecule has 0 saturated carbocycles. The normalized spacial score (nSPS) is 11.5. The van der Waals surface area contributed by atoms with Crippen LogP contribution in [0.5, 0.6) is 5.75 Å². The Morgan fingerprint density at radius 3 is 2.47 bits per heavy atom. The highest BCUT2D eigenvalue weighted by Gasteiger charge is 2.28. The van der Waals surface area contributed by atoms with E-state index in [1.807, 2.05) is 0 Å². The van der Waals surface area contributed by atoms with Crippen LogP contribution in [0.15, 0.2) is 52.1 Å². The third-order valence-electron chi connectivity index (χ3n) is 4.33. The lowest BCUT2D eigenvalue weighted by molar-refractivity contribution is -0.153. The molecule has 2 aromatic carbocycles. The minimum Gasteiger partial charge on any atom is -0.484 e. The minimum atomic E-state index is -4.41. The highest BCUT2D eigenvalue weighted by Crippen LogP contribution is 2.19. The Hall–Kier alpha value is -3.56. The molecule has 0 aliphatic rings. The second-order valence-corrected chi connectivity index (χ2v) is 6.47. The molecule has 1 heterocycles. The Balaban J connectivity index is 1.69. The first-order valence-electron chi connectivity index (χ1n) is 9.01. The van der Waals surface area contributed by atoms with E-state index in [-0.39, 0.29) is 17.9 Å². The molecule has 0 fully saturated rings. The summed E-state index contributed by atoms with van der Waals surface area (Å²) in [7, 11) is 0. The molecule has 0 radical (unpaired) electrons. The van der Waals surface area contributed by atoms with Gasteiger partial charge in [0.1, 0.15) is 5.75 Å². The Labute approximate surface area is 168 Å². The summed E-state index contributed by atoms with van der Waals surface area (Å²) in [4.78, 5) is 38.5. The molecule has 3 aromatic rings. The number of fused-ring (bicyclic) bond motifs is 1. The van der Waals surface area contributed by atoms with Crippen molar-refractivity contribution in [3.05, 3.63) is 74.3 Å². The van der Waals surface area contributed by atoms with Crippen molar-refractivity contribution < 1.29 is 22.7 Å². The number of aromatic nitrogens is 2. The fraction of sp³-hybridized carbons (Fsp3) is 0.250. The van der Waals surface area contributed by atoms with Crippen molar-refractivity contribution in [1.82, 2.24) is 14.9 Å². The Morgan fingerprint density at radius 2 is 1.83 bits per heavy atom. The van der Waals surface area contributed by atoms with Crippen LogP contribution in [0.3, 0.4) is 0 Å². The fourth-order valence-corrected chi connectivity index (χ4v) is 2.89. The number of nitrogens with one attached hydrogen (secondary N) is 2. The number of hydrogen-bond donors (Lipinski definition) is 2. The summed E-state index contributed by atoms with van der Waals surface area (Å²) in [6, 6.07) is 10.5. The van der Waals surface area contributed by atoms with Crippen molar-refractivity contribution in [3.63, 3.8) is 0 Å². The van der Waals surface area contributed by atoms with Gasteiger partial charge in [-0.2, -0.15) is 13.2 Å². The zero-order valence-electron chi connectivity index (χ0n) is 15.9. The molecular weight excluding hydrogens is 403 g/mol. The number of halogens is 3. The number of benzene rings is 2. The zero-order chi connectivity index (χ0) is 21.9. The highest BCUT2D eigenvalue weighted by atomic mass is 19.4. The van der Waals surface area contributed by atoms with E-state index in [1.165, 1.54) is 28.8 Å². The molecule has 0 aliphatic carbocycles. The number of rotatable bonds is 6. The number of aromatic amines is 1. The second-order valence-electron chi connectivity index (χ2n) is 6.47. The SMILES string of the molecule is CCn1c(=O)c(=O)[nH]c2cc(C(=O)NCc3ccc(OCC(F)(F)F)cc3)ccc21. The lowest BCUT2D eigenvalue weighted by Crippen LogP contribution is -2.36. The number of H-pyrrole nitrogens is 1. The van der Waals surface area contributed by atoms with Crippen molar-refractivity contribution >= 4 is 16.9 Å². The summed E-state index contributed by atoms with van der Waals surface area (Å²) in [6.07, 6.45) is -4.41. The standard InChI is InChI=1S/C20H18F3N3O4/c1-2-26-16-8-5-13(9-15(16)25-18(28)19(26)29)17(27)24-10-12-3-6-14(7-4-12)30-11-20(21,22)23/h3-9H,2,10-11H2,1H3,(H,24,27)(H,25,28). The largest absolute Gasteiger partial charge is 0.484 e. The van der Waals surface area contributed by atoms with E-state index in [9.17, 15) is 27.6 Å². The van der Waals surface area contributed by atoms with Crippen molar-refractivity contribution in [2.24, 2.45) is 0 Å². The highest BCUT2D eigenvalue weighted by molar-refractivity contribution is 5.97. The van der Waals surface area contributed by atoms with Crippen LogP contribution in [0.25, 0.3) is 11.0 Å². The predicted octanol–water partition coefficient (Wildman–Crippen LogP) is 2.58. The molecule has 0 bridgehead atoms. The van der Waals surface area contributed by atoms with E-state index in [2.05, 4.69) is 15.0 Å². The number of ether oxygens (including phenoxy) is 1. The molecule has 0 spiro atoms. The minimum absolute atomic E-state index is 0.0721. The lowest BCUT2D eigenvalue weighted by atomic mass is 10.1. The molecular formula is C20H18F3N3O4.